The molecule has 0 radical (unpaired) electrons. The van der Waals surface area contributed by atoms with Gasteiger partial charge in [0, 0.05) is 31.6 Å². The summed E-state index contributed by atoms with van der Waals surface area (Å²) < 4.78 is 28.3. The molecule has 1 aromatic carbocycles. The van der Waals surface area contributed by atoms with Crippen molar-refractivity contribution in [2.45, 2.75) is 18.8 Å². The van der Waals surface area contributed by atoms with E-state index in [4.69, 9.17) is 5.73 Å². The third kappa shape index (κ3) is 2.43. The highest BCUT2D eigenvalue weighted by Gasteiger charge is 2.34. The number of nitrogens with two attached hydrogens (primary N) is 1. The van der Waals surface area contributed by atoms with Crippen molar-refractivity contribution in [3.05, 3.63) is 30.9 Å². The number of hydrogen-bond donors (Lipinski definition) is 1. The van der Waals surface area contributed by atoms with Crippen molar-refractivity contribution in [2.24, 2.45) is 0 Å². The number of alkyl halides is 2. The molecule has 0 spiro atoms. The van der Waals surface area contributed by atoms with E-state index in [-0.39, 0.29) is 12.8 Å². The fourth-order valence-corrected chi connectivity index (χ4v) is 2.41. The molecule has 106 valence electrons. The molecule has 1 aromatic heterocycles. The van der Waals surface area contributed by atoms with E-state index >= 15 is 0 Å². The minimum Gasteiger partial charge on any atom is -0.399 e. The van der Waals surface area contributed by atoms with Gasteiger partial charge in [-0.25, -0.2) is 8.78 Å². The summed E-state index contributed by atoms with van der Waals surface area (Å²) in [6, 6.07) is 5.43. The second kappa shape index (κ2) is 4.73. The maximum atomic E-state index is 13.3. The lowest BCUT2D eigenvalue weighted by molar-refractivity contribution is -0.0220. The van der Waals surface area contributed by atoms with Crippen LogP contribution in [0.5, 0.6) is 0 Å². The average molecular weight is 279 g/mol. The monoisotopic (exact) mass is 279 g/mol. The van der Waals surface area contributed by atoms with Crippen molar-refractivity contribution >= 4 is 11.4 Å². The third-order valence-corrected chi connectivity index (χ3v) is 3.53. The van der Waals surface area contributed by atoms with E-state index < -0.39 is 5.92 Å². The summed E-state index contributed by atoms with van der Waals surface area (Å²) in [5.41, 5.74) is 8.11. The maximum Gasteiger partial charge on any atom is 0.251 e. The molecular weight excluding hydrogens is 264 g/mol. The molecule has 7 heteroatoms. The number of rotatable bonds is 2. The molecule has 3 rings (SSSR count). The van der Waals surface area contributed by atoms with Crippen molar-refractivity contribution in [1.29, 1.82) is 0 Å². The summed E-state index contributed by atoms with van der Waals surface area (Å²) in [5.74, 6) is -2.56. The fraction of sp³-hybridized carbons (Fsp3) is 0.385. The van der Waals surface area contributed by atoms with Crippen LogP contribution in [-0.4, -0.2) is 33.8 Å². The van der Waals surface area contributed by atoms with Gasteiger partial charge >= 0.3 is 0 Å². The molecule has 1 aliphatic heterocycles. The molecule has 1 fully saturated rings. The van der Waals surface area contributed by atoms with Crippen LogP contribution in [0.3, 0.4) is 0 Å². The maximum absolute atomic E-state index is 13.3. The quantitative estimate of drug-likeness (QED) is 0.855. The lowest BCUT2D eigenvalue weighted by Crippen LogP contribution is -2.39. The molecule has 5 nitrogen and oxygen atoms in total. The Bertz CT molecular complexity index is 587. The number of aromatic nitrogens is 3. The van der Waals surface area contributed by atoms with Gasteiger partial charge in [-0.05, 0) is 18.2 Å². The van der Waals surface area contributed by atoms with Gasteiger partial charge in [0.1, 0.15) is 12.7 Å². The van der Waals surface area contributed by atoms with E-state index in [1.54, 1.807) is 29.4 Å². The van der Waals surface area contributed by atoms with Gasteiger partial charge in [0.25, 0.3) is 5.92 Å². The van der Waals surface area contributed by atoms with Crippen molar-refractivity contribution < 1.29 is 8.78 Å². The zero-order valence-electron chi connectivity index (χ0n) is 10.8. The van der Waals surface area contributed by atoms with E-state index in [1.165, 1.54) is 0 Å². The molecule has 0 bridgehead atoms. The highest BCUT2D eigenvalue weighted by atomic mass is 19.3. The highest BCUT2D eigenvalue weighted by Crippen LogP contribution is 2.34. The van der Waals surface area contributed by atoms with Gasteiger partial charge in [-0.1, -0.05) is 0 Å². The van der Waals surface area contributed by atoms with E-state index in [0.717, 1.165) is 11.4 Å². The summed E-state index contributed by atoms with van der Waals surface area (Å²) >= 11 is 0. The SMILES string of the molecule is Nc1ccc(-n2cnnc2)c(N2CCC(F)(F)CC2)c1. The summed E-state index contributed by atoms with van der Waals surface area (Å²) in [6.45, 7) is 0.622. The smallest absolute Gasteiger partial charge is 0.251 e. The first kappa shape index (κ1) is 12.8. The van der Waals surface area contributed by atoms with Crippen LogP contribution in [0.25, 0.3) is 5.69 Å². The largest absolute Gasteiger partial charge is 0.399 e. The van der Waals surface area contributed by atoms with Crippen LogP contribution in [0.2, 0.25) is 0 Å². The Morgan fingerprint density at radius 3 is 2.35 bits per heavy atom. The molecule has 0 unspecified atom stereocenters. The summed E-state index contributed by atoms with van der Waals surface area (Å²) in [4.78, 5) is 1.93. The van der Waals surface area contributed by atoms with Crippen LogP contribution in [0.4, 0.5) is 20.2 Å². The van der Waals surface area contributed by atoms with Gasteiger partial charge in [0.15, 0.2) is 0 Å². The Balaban J connectivity index is 1.95. The molecule has 0 aliphatic carbocycles. The van der Waals surface area contributed by atoms with Gasteiger partial charge in [-0.15, -0.1) is 10.2 Å². The minimum absolute atomic E-state index is 0.135. The predicted molar refractivity (Wildman–Crippen MR) is 72.2 cm³/mol. The Morgan fingerprint density at radius 2 is 1.70 bits per heavy atom. The van der Waals surface area contributed by atoms with E-state index in [9.17, 15) is 8.78 Å². The summed E-state index contributed by atoms with van der Waals surface area (Å²) in [5, 5.41) is 7.55. The van der Waals surface area contributed by atoms with Crippen LogP contribution >= 0.6 is 0 Å². The van der Waals surface area contributed by atoms with Crippen molar-refractivity contribution in [3.8, 4) is 5.69 Å². The van der Waals surface area contributed by atoms with Crippen molar-refractivity contribution in [1.82, 2.24) is 14.8 Å². The zero-order valence-corrected chi connectivity index (χ0v) is 10.8. The van der Waals surface area contributed by atoms with Gasteiger partial charge < -0.3 is 10.6 Å². The lowest BCUT2D eigenvalue weighted by atomic mass is 10.1. The van der Waals surface area contributed by atoms with Crippen molar-refractivity contribution in [2.75, 3.05) is 23.7 Å². The second-order valence-electron chi connectivity index (χ2n) is 4.96. The molecule has 1 saturated heterocycles. The standard InChI is InChI=1S/C13H15F2N5/c14-13(15)3-5-19(6-4-13)12-7-10(16)1-2-11(12)20-8-17-18-9-20/h1-2,7-9H,3-6,16H2. The number of anilines is 2. The Morgan fingerprint density at radius 1 is 1.05 bits per heavy atom. The van der Waals surface area contributed by atoms with Crippen molar-refractivity contribution in [3.63, 3.8) is 0 Å². The van der Waals surface area contributed by atoms with Crippen LogP contribution in [0.15, 0.2) is 30.9 Å². The Hall–Kier alpha value is -2.18. The number of benzene rings is 1. The van der Waals surface area contributed by atoms with Gasteiger partial charge in [-0.3, -0.25) is 4.57 Å². The molecule has 1 aliphatic rings. The number of nitrogens with zero attached hydrogens (tertiary/aromatic N) is 4. The first-order valence-corrected chi connectivity index (χ1v) is 6.42. The average Bonchev–Trinajstić information content (AvgIpc) is 2.92. The van der Waals surface area contributed by atoms with Crippen LogP contribution in [0, 0.1) is 0 Å². The summed E-state index contributed by atoms with van der Waals surface area (Å²) in [7, 11) is 0. The number of piperidine rings is 1. The van der Waals surface area contributed by atoms with Gasteiger partial charge in [0.05, 0.1) is 11.4 Å². The third-order valence-electron chi connectivity index (χ3n) is 3.53. The molecule has 2 N–H and O–H groups in total. The first-order chi connectivity index (χ1) is 9.55. The molecule has 0 saturated carbocycles. The van der Waals surface area contributed by atoms with E-state index in [0.29, 0.717) is 18.8 Å². The molecular formula is C13H15F2N5. The summed E-state index contributed by atoms with van der Waals surface area (Å²) in [6.07, 6.45) is 2.88. The van der Waals surface area contributed by atoms with Gasteiger partial charge in [0.2, 0.25) is 0 Å². The lowest BCUT2D eigenvalue weighted by Gasteiger charge is -2.34. The first-order valence-electron chi connectivity index (χ1n) is 6.42. The molecule has 20 heavy (non-hydrogen) atoms. The highest BCUT2D eigenvalue weighted by molar-refractivity contribution is 5.68. The molecule has 0 amide bonds. The molecule has 2 heterocycles. The number of halogens is 2. The van der Waals surface area contributed by atoms with Gasteiger partial charge in [-0.2, -0.15) is 0 Å². The number of hydrogen-bond acceptors (Lipinski definition) is 4. The zero-order chi connectivity index (χ0) is 14.2. The van der Waals surface area contributed by atoms with Crippen LogP contribution < -0.4 is 10.6 Å². The molecule has 2 aromatic rings. The van der Waals surface area contributed by atoms with Crippen LogP contribution in [-0.2, 0) is 0 Å². The molecule has 0 atom stereocenters. The van der Waals surface area contributed by atoms with E-state index in [2.05, 4.69) is 10.2 Å². The van der Waals surface area contributed by atoms with Crippen LogP contribution in [0.1, 0.15) is 12.8 Å². The Kier molecular flexibility index (Phi) is 3.04. The predicted octanol–water partition coefficient (Wildman–Crippen LogP) is 2.08. The van der Waals surface area contributed by atoms with E-state index in [1.807, 2.05) is 11.0 Å². The minimum atomic E-state index is -2.56. The fourth-order valence-electron chi connectivity index (χ4n) is 2.41. The Labute approximate surface area is 115 Å². The normalized spacial score (nSPS) is 18.2. The topological polar surface area (TPSA) is 60.0 Å². The second-order valence-corrected chi connectivity index (χ2v) is 4.96. The number of nitrogen functional groups attached to an aromatic ring is 1.